The summed E-state index contributed by atoms with van der Waals surface area (Å²) in [7, 11) is 2.01. The van der Waals surface area contributed by atoms with Gasteiger partial charge in [0, 0.05) is 23.7 Å². The lowest BCUT2D eigenvalue weighted by atomic mass is 9.50. The molecule has 0 aliphatic heterocycles. The van der Waals surface area contributed by atoms with E-state index in [2.05, 4.69) is 28.2 Å². The van der Waals surface area contributed by atoms with E-state index in [4.69, 9.17) is 11.6 Å². The molecule has 1 N–H and O–H groups in total. The molecule has 34 heavy (non-hydrogen) atoms. The molecular weight excluding hydrogens is 468 g/mol. The maximum atomic E-state index is 13.5. The molecule has 2 bridgehead atoms. The van der Waals surface area contributed by atoms with E-state index >= 15 is 0 Å². The zero-order valence-electron chi connectivity index (χ0n) is 19.9. The molecule has 182 valence electrons. The minimum absolute atomic E-state index is 0.00700. The third kappa shape index (κ3) is 4.57. The Morgan fingerprint density at radius 3 is 2.65 bits per heavy atom. The molecule has 0 aromatic carbocycles. The first kappa shape index (κ1) is 23.6. The van der Waals surface area contributed by atoms with Crippen molar-refractivity contribution in [1.29, 1.82) is 0 Å². The highest BCUT2D eigenvalue weighted by Crippen LogP contribution is 2.57. The van der Waals surface area contributed by atoms with E-state index in [0.717, 1.165) is 66.4 Å². The third-order valence-corrected chi connectivity index (χ3v) is 9.64. The van der Waals surface area contributed by atoms with Crippen LogP contribution in [0.3, 0.4) is 0 Å². The van der Waals surface area contributed by atoms with Crippen LogP contribution in [0.1, 0.15) is 69.2 Å². The van der Waals surface area contributed by atoms with Gasteiger partial charge in [0.05, 0.1) is 27.9 Å². The maximum Gasteiger partial charge on any atom is 0.243 e. The fourth-order valence-electron chi connectivity index (χ4n) is 5.88. The second-order valence-corrected chi connectivity index (χ2v) is 12.0. The van der Waals surface area contributed by atoms with Crippen LogP contribution in [0, 0.1) is 11.8 Å². The molecule has 0 saturated heterocycles. The summed E-state index contributed by atoms with van der Waals surface area (Å²) in [5.41, 5.74) is 0.937. The second kappa shape index (κ2) is 9.50. The number of carbonyl (C=O) groups is 2. The van der Waals surface area contributed by atoms with E-state index in [1.54, 1.807) is 28.6 Å². The number of carbonyl (C=O) groups excluding carboxylic acids is 2. The van der Waals surface area contributed by atoms with Crippen molar-refractivity contribution in [2.75, 3.05) is 16.8 Å². The number of amides is 2. The van der Waals surface area contributed by atoms with Gasteiger partial charge in [0.2, 0.25) is 12.3 Å². The average Bonchev–Trinajstić information content (AvgIpc) is 3.46. The Labute approximate surface area is 210 Å². The number of hydrogen-bond acceptors (Lipinski definition) is 5. The molecule has 4 aliphatic rings. The maximum absolute atomic E-state index is 13.5. The first-order valence-corrected chi connectivity index (χ1v) is 13.6. The molecule has 2 amide bonds. The number of halogens is 1. The van der Waals surface area contributed by atoms with Crippen LogP contribution < -0.4 is 15.1 Å². The molecule has 2 atom stereocenters. The van der Waals surface area contributed by atoms with Crippen molar-refractivity contribution in [1.82, 2.24) is 10.3 Å². The summed E-state index contributed by atoms with van der Waals surface area (Å²) in [6.45, 7) is 2.12. The van der Waals surface area contributed by atoms with Gasteiger partial charge in [-0.15, -0.1) is 11.3 Å². The topological polar surface area (TPSA) is 65.5 Å². The smallest absolute Gasteiger partial charge is 0.243 e. The molecule has 2 heterocycles. The lowest BCUT2D eigenvalue weighted by Gasteiger charge is -2.62. The number of hydrogen-bond donors (Lipinski definition) is 1. The van der Waals surface area contributed by atoms with Crippen molar-refractivity contribution >= 4 is 45.9 Å². The van der Waals surface area contributed by atoms with Crippen molar-refractivity contribution < 1.29 is 9.59 Å². The van der Waals surface area contributed by atoms with Crippen LogP contribution in [0.2, 0.25) is 5.02 Å². The van der Waals surface area contributed by atoms with E-state index in [0.29, 0.717) is 10.9 Å². The van der Waals surface area contributed by atoms with Gasteiger partial charge in [-0.25, -0.2) is 0 Å². The van der Waals surface area contributed by atoms with E-state index < -0.39 is 6.04 Å². The van der Waals surface area contributed by atoms with Crippen LogP contribution in [-0.2, 0) is 9.59 Å². The Morgan fingerprint density at radius 1 is 1.29 bits per heavy atom. The number of nitrogens with zero attached hydrogens (tertiary/aromatic N) is 3. The molecule has 2 aromatic rings. The monoisotopic (exact) mass is 500 g/mol. The van der Waals surface area contributed by atoms with Crippen molar-refractivity contribution in [2.24, 2.45) is 11.8 Å². The molecule has 4 aliphatic carbocycles. The summed E-state index contributed by atoms with van der Waals surface area (Å²) in [4.78, 5) is 35.0. The number of nitrogens with one attached hydrogen (secondary N) is 1. The van der Waals surface area contributed by atoms with Gasteiger partial charge >= 0.3 is 0 Å². The standard InChI is InChI=1S/C26H33ClN4O2S/c1-17(30(2)21-10-20(27)14-28-15-21)23-7-8-24(34-23)31(16-32)22(9-18-5-3-4-6-18)25(33)29-26-11-19(12-26)13-26/h7-8,10,14-19,22H,3-6,9,11-13H2,1-2H3,(H,29,33)/t17-,19?,22+,26?/m1/s1. The van der Waals surface area contributed by atoms with E-state index in [1.807, 2.05) is 19.2 Å². The lowest BCUT2D eigenvalue weighted by molar-refractivity contribution is -0.135. The van der Waals surface area contributed by atoms with Crippen molar-refractivity contribution in [3.8, 4) is 0 Å². The molecule has 8 heteroatoms. The summed E-state index contributed by atoms with van der Waals surface area (Å²) in [5.74, 6) is 1.32. The van der Waals surface area contributed by atoms with Crippen LogP contribution in [0.5, 0.6) is 0 Å². The van der Waals surface area contributed by atoms with Gasteiger partial charge in [0.1, 0.15) is 6.04 Å². The molecule has 4 fully saturated rings. The quantitative estimate of drug-likeness (QED) is 0.433. The van der Waals surface area contributed by atoms with Gasteiger partial charge in [-0.3, -0.25) is 19.5 Å². The largest absolute Gasteiger partial charge is 0.366 e. The summed E-state index contributed by atoms with van der Waals surface area (Å²) in [5, 5.41) is 4.75. The fourth-order valence-corrected chi connectivity index (χ4v) is 7.16. The zero-order chi connectivity index (χ0) is 23.9. The van der Waals surface area contributed by atoms with Crippen molar-refractivity contribution in [3.05, 3.63) is 40.5 Å². The number of pyridine rings is 1. The molecule has 0 radical (unpaired) electrons. The Kier molecular flexibility index (Phi) is 6.60. The Balaban J connectivity index is 1.34. The van der Waals surface area contributed by atoms with Gasteiger partial charge in [0.15, 0.2) is 0 Å². The highest BCUT2D eigenvalue weighted by molar-refractivity contribution is 7.16. The molecule has 0 spiro atoms. The highest BCUT2D eigenvalue weighted by atomic mass is 35.5. The van der Waals surface area contributed by atoms with Gasteiger partial charge in [-0.2, -0.15) is 0 Å². The minimum Gasteiger partial charge on any atom is -0.366 e. The molecular formula is C26H33ClN4O2S. The van der Waals surface area contributed by atoms with Crippen LogP contribution in [0.15, 0.2) is 30.6 Å². The third-order valence-electron chi connectivity index (χ3n) is 8.17. The van der Waals surface area contributed by atoms with Gasteiger partial charge < -0.3 is 10.2 Å². The summed E-state index contributed by atoms with van der Waals surface area (Å²) >= 11 is 7.70. The number of thiophene rings is 1. The molecule has 6 rings (SSSR count). The first-order valence-electron chi connectivity index (χ1n) is 12.4. The van der Waals surface area contributed by atoms with Crippen LogP contribution in [-0.4, -0.2) is 35.9 Å². The summed E-state index contributed by atoms with van der Waals surface area (Å²) in [6, 6.07) is 5.54. The van der Waals surface area contributed by atoms with Crippen molar-refractivity contribution in [2.45, 2.75) is 75.9 Å². The summed E-state index contributed by atoms with van der Waals surface area (Å²) in [6.07, 6.45) is 13.0. The number of aromatic nitrogens is 1. The average molecular weight is 501 g/mol. The second-order valence-electron chi connectivity index (χ2n) is 10.5. The molecule has 4 saturated carbocycles. The zero-order valence-corrected chi connectivity index (χ0v) is 21.4. The Hall–Kier alpha value is -2.12. The van der Waals surface area contributed by atoms with Crippen LogP contribution in [0.25, 0.3) is 0 Å². The van der Waals surface area contributed by atoms with E-state index in [1.165, 1.54) is 12.8 Å². The predicted molar refractivity (Wildman–Crippen MR) is 138 cm³/mol. The van der Waals surface area contributed by atoms with Crippen LogP contribution >= 0.6 is 22.9 Å². The highest BCUT2D eigenvalue weighted by Gasteiger charge is 2.57. The van der Waals surface area contributed by atoms with Crippen LogP contribution in [0.4, 0.5) is 10.7 Å². The summed E-state index contributed by atoms with van der Waals surface area (Å²) < 4.78 is 0. The van der Waals surface area contributed by atoms with Gasteiger partial charge in [0.25, 0.3) is 0 Å². The molecule has 6 nitrogen and oxygen atoms in total. The predicted octanol–water partition coefficient (Wildman–Crippen LogP) is 5.57. The lowest BCUT2D eigenvalue weighted by Crippen LogP contribution is -2.70. The van der Waals surface area contributed by atoms with E-state index in [-0.39, 0.29) is 17.5 Å². The normalized spacial score (nSPS) is 25.1. The molecule has 2 aromatic heterocycles. The number of rotatable bonds is 10. The fraction of sp³-hybridized carbons (Fsp3) is 0.577. The molecule has 0 unspecified atom stereocenters. The van der Waals surface area contributed by atoms with Crippen molar-refractivity contribution in [3.63, 3.8) is 0 Å². The SMILES string of the molecule is C[C@H](c1ccc(N(C=O)[C@@H](CC2CCCC2)C(=O)NC23CC(C2)C3)s1)N(C)c1cncc(Cl)c1. The Bertz CT molecular complexity index is 1040. The first-order chi connectivity index (χ1) is 16.4. The van der Waals surface area contributed by atoms with Gasteiger partial charge in [-0.05, 0) is 62.6 Å². The Morgan fingerprint density at radius 2 is 2.03 bits per heavy atom. The van der Waals surface area contributed by atoms with Gasteiger partial charge in [-0.1, -0.05) is 37.3 Å². The minimum atomic E-state index is -0.453. The number of anilines is 2. The van der Waals surface area contributed by atoms with E-state index in [9.17, 15) is 9.59 Å².